The molecule has 3 heteroatoms. The number of rotatable bonds is 4. The maximum Gasteiger partial charge on any atom is 0.119 e. The highest BCUT2D eigenvalue weighted by Crippen LogP contribution is 2.22. The number of fused-ring (bicyclic) bond motifs is 1. The first kappa shape index (κ1) is 13.4. The van der Waals surface area contributed by atoms with Crippen molar-refractivity contribution in [2.75, 3.05) is 12.4 Å². The summed E-state index contributed by atoms with van der Waals surface area (Å²) in [5.74, 6) is 0.888. The van der Waals surface area contributed by atoms with Gasteiger partial charge in [0.2, 0.25) is 0 Å². The van der Waals surface area contributed by atoms with E-state index in [2.05, 4.69) is 40.6 Å². The van der Waals surface area contributed by atoms with Gasteiger partial charge >= 0.3 is 0 Å². The Kier molecular flexibility index (Phi) is 3.73. The van der Waals surface area contributed by atoms with Crippen LogP contribution in [0, 0.1) is 6.92 Å². The molecule has 0 fully saturated rings. The lowest BCUT2D eigenvalue weighted by atomic mass is 10.1. The number of aryl methyl sites for hydroxylation is 1. The second kappa shape index (κ2) is 5.83. The van der Waals surface area contributed by atoms with Gasteiger partial charge in [0.05, 0.1) is 18.5 Å². The van der Waals surface area contributed by atoms with E-state index < -0.39 is 0 Å². The van der Waals surface area contributed by atoms with E-state index in [-0.39, 0.29) is 0 Å². The minimum atomic E-state index is 0.786. The van der Waals surface area contributed by atoms with Crippen molar-refractivity contribution in [2.24, 2.45) is 0 Å². The second-order valence-corrected chi connectivity index (χ2v) is 5.04. The SMILES string of the molecule is COc1ccc2cc(CNc3cccnc3C)ccc2c1. The highest BCUT2D eigenvalue weighted by Gasteiger charge is 2.01. The van der Waals surface area contributed by atoms with E-state index in [1.807, 2.05) is 31.3 Å². The minimum Gasteiger partial charge on any atom is -0.497 e. The van der Waals surface area contributed by atoms with E-state index in [1.54, 1.807) is 7.11 Å². The van der Waals surface area contributed by atoms with Crippen molar-refractivity contribution >= 4 is 16.5 Å². The Morgan fingerprint density at radius 3 is 2.67 bits per heavy atom. The number of benzene rings is 2. The number of ether oxygens (including phenoxy) is 1. The van der Waals surface area contributed by atoms with Gasteiger partial charge in [-0.15, -0.1) is 0 Å². The van der Waals surface area contributed by atoms with Crippen LogP contribution in [0.15, 0.2) is 54.7 Å². The van der Waals surface area contributed by atoms with Crippen LogP contribution in [0.4, 0.5) is 5.69 Å². The molecule has 3 rings (SSSR count). The molecule has 1 aromatic heterocycles. The third-order valence-corrected chi connectivity index (χ3v) is 3.60. The maximum atomic E-state index is 5.25. The Morgan fingerprint density at radius 2 is 1.86 bits per heavy atom. The zero-order valence-corrected chi connectivity index (χ0v) is 12.3. The molecule has 0 bridgehead atoms. The Labute approximate surface area is 124 Å². The van der Waals surface area contributed by atoms with Crippen LogP contribution in [-0.2, 0) is 6.54 Å². The Balaban J connectivity index is 1.80. The summed E-state index contributed by atoms with van der Waals surface area (Å²) >= 11 is 0. The predicted molar refractivity (Wildman–Crippen MR) is 86.8 cm³/mol. The maximum absolute atomic E-state index is 5.25. The molecule has 0 aliphatic heterocycles. The van der Waals surface area contributed by atoms with Crippen LogP contribution in [0.5, 0.6) is 5.75 Å². The minimum absolute atomic E-state index is 0.786. The highest BCUT2D eigenvalue weighted by atomic mass is 16.5. The number of methoxy groups -OCH3 is 1. The normalized spacial score (nSPS) is 10.6. The van der Waals surface area contributed by atoms with Crippen LogP contribution < -0.4 is 10.1 Å². The van der Waals surface area contributed by atoms with Crippen molar-refractivity contribution < 1.29 is 4.74 Å². The molecule has 106 valence electrons. The third-order valence-electron chi connectivity index (χ3n) is 3.60. The summed E-state index contributed by atoms with van der Waals surface area (Å²) in [6.07, 6.45) is 1.81. The van der Waals surface area contributed by atoms with Gasteiger partial charge in [-0.25, -0.2) is 0 Å². The van der Waals surface area contributed by atoms with E-state index in [1.165, 1.54) is 16.3 Å². The quantitative estimate of drug-likeness (QED) is 0.778. The number of hydrogen-bond acceptors (Lipinski definition) is 3. The average molecular weight is 278 g/mol. The Morgan fingerprint density at radius 1 is 1.05 bits per heavy atom. The number of aromatic nitrogens is 1. The van der Waals surface area contributed by atoms with Crippen molar-refractivity contribution in [2.45, 2.75) is 13.5 Å². The molecule has 0 radical (unpaired) electrons. The molecule has 0 unspecified atom stereocenters. The van der Waals surface area contributed by atoms with Gasteiger partial charge in [-0.3, -0.25) is 4.98 Å². The lowest BCUT2D eigenvalue weighted by molar-refractivity contribution is 0.415. The van der Waals surface area contributed by atoms with E-state index in [9.17, 15) is 0 Å². The smallest absolute Gasteiger partial charge is 0.119 e. The molecule has 0 atom stereocenters. The van der Waals surface area contributed by atoms with Crippen LogP contribution in [0.25, 0.3) is 10.8 Å². The first-order valence-corrected chi connectivity index (χ1v) is 6.98. The van der Waals surface area contributed by atoms with Crippen molar-refractivity contribution in [3.05, 3.63) is 66.0 Å². The van der Waals surface area contributed by atoms with Gasteiger partial charge in [0.25, 0.3) is 0 Å². The summed E-state index contributed by atoms with van der Waals surface area (Å²) in [4.78, 5) is 4.28. The standard InChI is InChI=1S/C18H18N2O/c1-13-18(4-3-9-19-13)20-12-14-5-6-16-11-17(21-2)8-7-15(16)10-14/h3-11,20H,12H2,1-2H3. The van der Waals surface area contributed by atoms with Crippen molar-refractivity contribution in [3.63, 3.8) is 0 Å². The van der Waals surface area contributed by atoms with Crippen LogP contribution >= 0.6 is 0 Å². The fourth-order valence-electron chi connectivity index (χ4n) is 2.38. The number of nitrogens with one attached hydrogen (secondary N) is 1. The molecule has 1 heterocycles. The molecule has 0 aliphatic rings. The highest BCUT2D eigenvalue weighted by molar-refractivity contribution is 5.84. The summed E-state index contributed by atoms with van der Waals surface area (Å²) in [5.41, 5.74) is 3.34. The molecule has 3 aromatic rings. The Bertz CT molecular complexity index is 768. The van der Waals surface area contributed by atoms with Crippen LogP contribution in [0.2, 0.25) is 0 Å². The predicted octanol–water partition coefficient (Wildman–Crippen LogP) is 4.16. The fraction of sp³-hybridized carbons (Fsp3) is 0.167. The fourth-order valence-corrected chi connectivity index (χ4v) is 2.38. The number of nitrogens with zero attached hydrogens (tertiary/aromatic N) is 1. The van der Waals surface area contributed by atoms with Gasteiger partial charge < -0.3 is 10.1 Å². The van der Waals surface area contributed by atoms with E-state index in [0.29, 0.717) is 0 Å². The number of hydrogen-bond donors (Lipinski definition) is 1. The molecule has 3 nitrogen and oxygen atoms in total. The van der Waals surface area contributed by atoms with Crippen LogP contribution in [-0.4, -0.2) is 12.1 Å². The molecule has 0 aliphatic carbocycles. The largest absolute Gasteiger partial charge is 0.497 e. The van der Waals surface area contributed by atoms with Crippen molar-refractivity contribution in [1.29, 1.82) is 0 Å². The molecule has 1 N–H and O–H groups in total. The van der Waals surface area contributed by atoms with Crippen molar-refractivity contribution in [3.8, 4) is 5.75 Å². The lowest BCUT2D eigenvalue weighted by Gasteiger charge is -2.10. The molecular formula is C18H18N2O. The third kappa shape index (κ3) is 2.97. The van der Waals surface area contributed by atoms with E-state index in [4.69, 9.17) is 4.74 Å². The summed E-state index contributed by atoms with van der Waals surface area (Å²) in [6, 6.07) is 16.6. The molecule has 2 aromatic carbocycles. The van der Waals surface area contributed by atoms with Crippen LogP contribution in [0.1, 0.15) is 11.3 Å². The number of anilines is 1. The lowest BCUT2D eigenvalue weighted by Crippen LogP contribution is -2.01. The van der Waals surface area contributed by atoms with Crippen LogP contribution in [0.3, 0.4) is 0 Å². The number of pyridine rings is 1. The topological polar surface area (TPSA) is 34.1 Å². The van der Waals surface area contributed by atoms with Gasteiger partial charge in [0, 0.05) is 12.7 Å². The molecule has 0 amide bonds. The first-order chi connectivity index (χ1) is 10.3. The summed E-state index contributed by atoms with van der Waals surface area (Å²) in [6.45, 7) is 2.80. The van der Waals surface area contributed by atoms with E-state index in [0.717, 1.165) is 23.7 Å². The summed E-state index contributed by atoms with van der Waals surface area (Å²) < 4.78 is 5.25. The second-order valence-electron chi connectivity index (χ2n) is 5.04. The molecule has 21 heavy (non-hydrogen) atoms. The van der Waals surface area contributed by atoms with E-state index >= 15 is 0 Å². The summed E-state index contributed by atoms with van der Waals surface area (Å²) in [7, 11) is 1.69. The van der Waals surface area contributed by atoms with Crippen molar-refractivity contribution in [1.82, 2.24) is 4.98 Å². The molecule has 0 saturated carbocycles. The van der Waals surface area contributed by atoms with Gasteiger partial charge in [-0.2, -0.15) is 0 Å². The zero-order valence-electron chi connectivity index (χ0n) is 12.3. The first-order valence-electron chi connectivity index (χ1n) is 6.98. The van der Waals surface area contributed by atoms with Gasteiger partial charge in [-0.05, 0) is 53.6 Å². The van der Waals surface area contributed by atoms with Gasteiger partial charge in [-0.1, -0.05) is 18.2 Å². The average Bonchev–Trinajstić information content (AvgIpc) is 2.53. The Hall–Kier alpha value is -2.55. The summed E-state index contributed by atoms with van der Waals surface area (Å²) in [5, 5.41) is 5.84. The molecule has 0 saturated heterocycles. The van der Waals surface area contributed by atoms with Gasteiger partial charge in [0.15, 0.2) is 0 Å². The van der Waals surface area contributed by atoms with Gasteiger partial charge in [0.1, 0.15) is 5.75 Å². The zero-order chi connectivity index (χ0) is 14.7. The molecule has 0 spiro atoms. The monoisotopic (exact) mass is 278 g/mol. The molecular weight excluding hydrogens is 260 g/mol.